The fourth-order valence-corrected chi connectivity index (χ4v) is 6.90. The van der Waals surface area contributed by atoms with Gasteiger partial charge in [0.05, 0.1) is 0 Å². The third-order valence-corrected chi connectivity index (χ3v) is 8.55. The summed E-state index contributed by atoms with van der Waals surface area (Å²) in [5.74, 6) is 0. The molecular weight excluding hydrogens is 547 g/mol. The summed E-state index contributed by atoms with van der Waals surface area (Å²) in [4.78, 5) is 0. The summed E-state index contributed by atoms with van der Waals surface area (Å²) >= 11 is 2.58. The maximum absolute atomic E-state index is 2.58. The molecule has 0 aliphatic heterocycles. The minimum atomic E-state index is 0.0608. The van der Waals surface area contributed by atoms with Gasteiger partial charge < -0.3 is 0 Å². The fourth-order valence-electron chi connectivity index (χ4n) is 6.43. The van der Waals surface area contributed by atoms with Crippen molar-refractivity contribution in [2.24, 2.45) is 0 Å². The van der Waals surface area contributed by atoms with Gasteiger partial charge in [0, 0.05) is 3.42 Å². The van der Waals surface area contributed by atoms with Crippen LogP contribution in [0.2, 0.25) is 0 Å². The van der Waals surface area contributed by atoms with E-state index in [-0.39, 0.29) is 3.42 Å². The molecule has 0 fully saturated rings. The molecule has 174 valence electrons. The number of aryl methyl sites for hydroxylation is 1. The Kier molecular flexibility index (Phi) is 4.85. The van der Waals surface area contributed by atoms with Crippen molar-refractivity contribution in [2.75, 3.05) is 0 Å². The highest BCUT2D eigenvalue weighted by atomic mass is 127. The predicted octanol–water partition coefficient (Wildman–Crippen LogP) is 10.8. The Hall–Kier alpha value is -3.17. The normalized spacial score (nSPS) is 12.6. The first-order chi connectivity index (χ1) is 17.5. The first-order valence-electron chi connectivity index (χ1n) is 12.8. The van der Waals surface area contributed by atoms with Crippen molar-refractivity contribution in [1.29, 1.82) is 0 Å². The number of fused-ring (bicyclic) bond motifs is 2. The van der Waals surface area contributed by atoms with Crippen LogP contribution >= 0.6 is 22.6 Å². The molecule has 0 spiro atoms. The summed E-state index contributed by atoms with van der Waals surface area (Å²) in [6, 6.07) is 36.6. The van der Waals surface area contributed by atoms with Crippen LogP contribution in [-0.4, -0.2) is 0 Å². The van der Waals surface area contributed by atoms with E-state index in [1.807, 2.05) is 0 Å². The van der Waals surface area contributed by atoms with Gasteiger partial charge in [-0.25, -0.2) is 0 Å². The molecule has 0 heterocycles. The van der Waals surface area contributed by atoms with Crippen molar-refractivity contribution in [2.45, 2.75) is 30.6 Å². The van der Waals surface area contributed by atoms with E-state index in [1.54, 1.807) is 0 Å². The highest BCUT2D eigenvalue weighted by molar-refractivity contribution is 14.1. The molecule has 0 saturated heterocycles. The van der Waals surface area contributed by atoms with Gasteiger partial charge in [0.25, 0.3) is 0 Å². The Bertz CT molecular complexity index is 1900. The molecule has 7 aromatic carbocycles. The lowest BCUT2D eigenvalue weighted by Crippen LogP contribution is -2.07. The van der Waals surface area contributed by atoms with Crippen molar-refractivity contribution >= 4 is 76.5 Å². The second-order valence-corrected chi connectivity index (χ2v) is 13.1. The Morgan fingerprint density at radius 3 is 1.64 bits per heavy atom. The Morgan fingerprint density at radius 2 is 1.06 bits per heavy atom. The third kappa shape index (κ3) is 3.05. The third-order valence-electron chi connectivity index (χ3n) is 7.97. The van der Waals surface area contributed by atoms with Crippen molar-refractivity contribution < 1.29 is 0 Å². The quantitative estimate of drug-likeness (QED) is 0.0853. The van der Waals surface area contributed by atoms with Crippen LogP contribution in [0, 0.1) is 0 Å². The first-order valence-corrected chi connectivity index (χ1v) is 13.9. The monoisotopic (exact) mass is 574 g/mol. The number of halogens is 1. The zero-order chi connectivity index (χ0) is 24.6. The first kappa shape index (κ1) is 22.1. The van der Waals surface area contributed by atoms with Gasteiger partial charge in [-0.1, -0.05) is 127 Å². The maximum Gasteiger partial charge on any atom is 0.0420 e. The van der Waals surface area contributed by atoms with E-state index in [2.05, 4.69) is 140 Å². The molecule has 0 nitrogen and oxygen atoms in total. The summed E-state index contributed by atoms with van der Waals surface area (Å²) in [6.07, 6.45) is 1.02. The fraction of sp³-hybridized carbons (Fsp3) is 0.143. The van der Waals surface area contributed by atoms with Gasteiger partial charge in [0.2, 0.25) is 0 Å². The van der Waals surface area contributed by atoms with Gasteiger partial charge in [0.1, 0.15) is 0 Å². The summed E-state index contributed by atoms with van der Waals surface area (Å²) < 4.78 is 0.0608. The molecule has 7 aromatic rings. The topological polar surface area (TPSA) is 0 Å². The van der Waals surface area contributed by atoms with Crippen LogP contribution in [-0.2, 0) is 9.84 Å². The molecule has 1 heteroatoms. The van der Waals surface area contributed by atoms with Crippen molar-refractivity contribution in [3.05, 3.63) is 108 Å². The van der Waals surface area contributed by atoms with E-state index in [0.717, 1.165) is 6.42 Å². The number of hydrogen-bond donors (Lipinski definition) is 0. The minimum absolute atomic E-state index is 0.0608. The van der Waals surface area contributed by atoms with Crippen molar-refractivity contribution in [1.82, 2.24) is 0 Å². The Balaban J connectivity index is 1.69. The van der Waals surface area contributed by atoms with Crippen LogP contribution in [0.1, 0.15) is 31.9 Å². The Morgan fingerprint density at radius 1 is 0.556 bits per heavy atom. The summed E-state index contributed by atoms with van der Waals surface area (Å²) in [7, 11) is 0. The molecule has 7 rings (SSSR count). The van der Waals surface area contributed by atoms with Crippen LogP contribution in [0.5, 0.6) is 0 Å². The lowest BCUT2D eigenvalue weighted by atomic mass is 9.83. The average Bonchev–Trinajstić information content (AvgIpc) is 2.89. The predicted molar refractivity (Wildman–Crippen MR) is 167 cm³/mol. The van der Waals surface area contributed by atoms with E-state index < -0.39 is 0 Å². The van der Waals surface area contributed by atoms with Gasteiger partial charge in [-0.15, -0.1) is 0 Å². The molecule has 0 unspecified atom stereocenters. The van der Waals surface area contributed by atoms with Crippen LogP contribution in [0.4, 0.5) is 0 Å². The van der Waals surface area contributed by atoms with Crippen LogP contribution in [0.3, 0.4) is 0 Å². The number of hydrogen-bond acceptors (Lipinski definition) is 0. The van der Waals surface area contributed by atoms with Gasteiger partial charge in [-0.2, -0.15) is 0 Å². The van der Waals surface area contributed by atoms with E-state index >= 15 is 0 Å². The van der Waals surface area contributed by atoms with Gasteiger partial charge in [0.15, 0.2) is 0 Å². The largest absolute Gasteiger partial charge is 0.0742 e. The highest BCUT2D eigenvalue weighted by Crippen LogP contribution is 2.46. The number of rotatable bonds is 3. The zero-order valence-electron chi connectivity index (χ0n) is 20.8. The molecule has 0 saturated carbocycles. The van der Waals surface area contributed by atoms with Crippen molar-refractivity contribution in [3.63, 3.8) is 0 Å². The average molecular weight is 575 g/mol. The number of alkyl halides is 1. The summed E-state index contributed by atoms with van der Waals surface area (Å²) in [5.41, 5.74) is 5.52. The molecular formula is C35H27I. The molecule has 0 aliphatic carbocycles. The summed E-state index contributed by atoms with van der Waals surface area (Å²) in [6.45, 7) is 6.88. The van der Waals surface area contributed by atoms with Gasteiger partial charge in [-0.05, 0) is 96.4 Å². The molecule has 0 amide bonds. The van der Waals surface area contributed by atoms with E-state index in [4.69, 9.17) is 0 Å². The van der Waals surface area contributed by atoms with E-state index in [1.165, 1.54) is 76.1 Å². The van der Waals surface area contributed by atoms with Crippen LogP contribution in [0.25, 0.3) is 65.0 Å². The van der Waals surface area contributed by atoms with Gasteiger partial charge >= 0.3 is 0 Å². The molecule has 36 heavy (non-hydrogen) atoms. The minimum Gasteiger partial charge on any atom is -0.0742 e. The molecule has 0 aliphatic rings. The standard InChI is InChI=1S/C35H27I/c1-4-23-24-9-5-7-11-26(24)34(27-12-8-6-10-25(23)27)29-18-14-21-15-19-30-31(35(2,3)36)20-16-22-13-17-28(29)32(21)33(22)30/h5-20H,4H2,1-3H3. The second kappa shape index (κ2) is 7.91. The molecule has 0 radical (unpaired) electrons. The van der Waals surface area contributed by atoms with E-state index in [0.29, 0.717) is 0 Å². The number of benzene rings is 7. The zero-order valence-corrected chi connectivity index (χ0v) is 23.0. The maximum atomic E-state index is 2.58. The Labute approximate surface area is 225 Å². The SMILES string of the molecule is CCc1c2ccccc2c(-c2ccc3ccc4c(C(C)(C)I)ccc5ccc2c3c54)c2ccccc12. The molecule has 0 atom stereocenters. The smallest absolute Gasteiger partial charge is 0.0420 e. The van der Waals surface area contributed by atoms with Crippen LogP contribution < -0.4 is 0 Å². The lowest BCUT2D eigenvalue weighted by Gasteiger charge is -2.23. The highest BCUT2D eigenvalue weighted by Gasteiger charge is 2.22. The van der Waals surface area contributed by atoms with E-state index in [9.17, 15) is 0 Å². The van der Waals surface area contributed by atoms with Gasteiger partial charge in [-0.3, -0.25) is 0 Å². The molecule has 0 bridgehead atoms. The van der Waals surface area contributed by atoms with Crippen molar-refractivity contribution in [3.8, 4) is 11.1 Å². The molecule has 0 aromatic heterocycles. The van der Waals surface area contributed by atoms with Crippen LogP contribution in [0.15, 0.2) is 97.1 Å². The second-order valence-electron chi connectivity index (χ2n) is 10.4. The summed E-state index contributed by atoms with van der Waals surface area (Å²) in [5, 5.41) is 13.6. The lowest BCUT2D eigenvalue weighted by molar-refractivity contribution is 0.836. The molecule has 0 N–H and O–H groups in total.